The van der Waals surface area contributed by atoms with Crippen molar-refractivity contribution in [3.63, 3.8) is 0 Å². The van der Waals surface area contributed by atoms with Gasteiger partial charge in [-0.2, -0.15) is 0 Å². The molecule has 2 N–H and O–H groups in total. The Hall–Kier alpha value is -0.320. The fourth-order valence-corrected chi connectivity index (χ4v) is 4.40. The van der Waals surface area contributed by atoms with Crippen molar-refractivity contribution in [3.8, 4) is 0 Å². The minimum atomic E-state index is 0. The van der Waals surface area contributed by atoms with Gasteiger partial charge >= 0.3 is 0 Å². The third-order valence-electron chi connectivity index (χ3n) is 5.76. The summed E-state index contributed by atoms with van der Waals surface area (Å²) in [6.07, 6.45) is 7.37. The van der Waals surface area contributed by atoms with Crippen molar-refractivity contribution in [2.24, 2.45) is 17.6 Å². The zero-order valence-corrected chi connectivity index (χ0v) is 14.0. The molecule has 4 atom stereocenters. The summed E-state index contributed by atoms with van der Waals surface area (Å²) in [4.78, 5) is 17.1. The fraction of sp³-hybridized carbons (Fsp3) is 0.938. The molecule has 3 aliphatic rings. The van der Waals surface area contributed by atoms with E-state index >= 15 is 0 Å². The van der Waals surface area contributed by atoms with E-state index in [1.165, 1.54) is 38.5 Å². The average molecular weight is 316 g/mol. The number of nitrogens with two attached hydrogens (primary N) is 1. The monoisotopic (exact) mass is 315 g/mol. The molecule has 0 aromatic heterocycles. The molecule has 0 aromatic rings. The largest absolute Gasteiger partial charge is 0.341 e. The Labute approximate surface area is 134 Å². The van der Waals surface area contributed by atoms with E-state index < -0.39 is 0 Å². The van der Waals surface area contributed by atoms with Crippen LogP contribution in [-0.2, 0) is 4.79 Å². The number of likely N-dealkylation sites (tertiary alicyclic amines) is 2. The van der Waals surface area contributed by atoms with Crippen LogP contribution in [0.25, 0.3) is 0 Å². The maximum absolute atomic E-state index is 12.6. The molecule has 0 bridgehead atoms. The van der Waals surface area contributed by atoms with Crippen molar-refractivity contribution < 1.29 is 4.79 Å². The Bertz CT molecular complexity index is 359. The summed E-state index contributed by atoms with van der Waals surface area (Å²) in [6.45, 7) is 6.14. The van der Waals surface area contributed by atoms with E-state index in [0.29, 0.717) is 17.9 Å². The molecule has 2 heterocycles. The fourth-order valence-electron chi connectivity index (χ4n) is 4.40. The predicted octanol–water partition coefficient (Wildman–Crippen LogP) is 1.87. The van der Waals surface area contributed by atoms with Crippen molar-refractivity contribution >= 4 is 18.3 Å². The highest BCUT2D eigenvalue weighted by Crippen LogP contribution is 2.36. The van der Waals surface area contributed by atoms with Crippen LogP contribution in [-0.4, -0.2) is 54.0 Å². The normalized spacial score (nSPS) is 35.0. The zero-order valence-electron chi connectivity index (χ0n) is 13.2. The molecule has 0 radical (unpaired) electrons. The standard InChI is InChI=1S/C16H29N3O.ClH/c1-12(16(20)18-8-3-2-4-9-18)19-10-13-6-5-7-15(17)14(13)11-19;/h12-15H,2-11,17H2,1H3;1H. The first-order chi connectivity index (χ1) is 9.66. The van der Waals surface area contributed by atoms with Crippen molar-refractivity contribution in [1.29, 1.82) is 0 Å². The second-order valence-corrected chi connectivity index (χ2v) is 7.03. The Morgan fingerprint density at radius 2 is 1.81 bits per heavy atom. The van der Waals surface area contributed by atoms with E-state index in [-0.39, 0.29) is 18.4 Å². The van der Waals surface area contributed by atoms with Gasteiger partial charge in [-0.3, -0.25) is 9.69 Å². The number of nitrogens with zero attached hydrogens (tertiary/aromatic N) is 2. The summed E-state index contributed by atoms with van der Waals surface area (Å²) in [5.41, 5.74) is 6.28. The van der Waals surface area contributed by atoms with Gasteiger partial charge in [-0.05, 0) is 50.9 Å². The molecule has 0 spiro atoms. The van der Waals surface area contributed by atoms with E-state index in [1.807, 2.05) is 0 Å². The van der Waals surface area contributed by atoms with Crippen LogP contribution in [0.1, 0.15) is 45.4 Å². The predicted molar refractivity (Wildman–Crippen MR) is 87.5 cm³/mol. The first-order valence-electron chi connectivity index (χ1n) is 8.45. The van der Waals surface area contributed by atoms with Gasteiger partial charge in [0.15, 0.2) is 0 Å². The van der Waals surface area contributed by atoms with E-state index in [0.717, 1.165) is 32.1 Å². The Balaban J connectivity index is 0.00000161. The van der Waals surface area contributed by atoms with Gasteiger partial charge in [0.2, 0.25) is 5.91 Å². The Morgan fingerprint density at radius 1 is 1.10 bits per heavy atom. The van der Waals surface area contributed by atoms with Gasteiger partial charge in [-0.1, -0.05) is 6.42 Å². The highest BCUT2D eigenvalue weighted by molar-refractivity contribution is 5.85. The lowest BCUT2D eigenvalue weighted by Gasteiger charge is -2.33. The molecule has 2 aliphatic heterocycles. The number of hydrogen-bond acceptors (Lipinski definition) is 3. The molecule has 1 saturated carbocycles. The second kappa shape index (κ2) is 7.30. The van der Waals surface area contributed by atoms with E-state index in [9.17, 15) is 4.79 Å². The minimum absolute atomic E-state index is 0. The van der Waals surface area contributed by atoms with Crippen molar-refractivity contribution in [3.05, 3.63) is 0 Å². The topological polar surface area (TPSA) is 49.6 Å². The Morgan fingerprint density at radius 3 is 2.48 bits per heavy atom. The van der Waals surface area contributed by atoms with E-state index in [4.69, 9.17) is 5.73 Å². The molecule has 0 aromatic carbocycles. The molecule has 3 rings (SSSR count). The number of rotatable bonds is 2. The molecule has 3 fully saturated rings. The summed E-state index contributed by atoms with van der Waals surface area (Å²) in [7, 11) is 0. The van der Waals surface area contributed by atoms with Crippen molar-refractivity contribution in [2.75, 3.05) is 26.2 Å². The van der Waals surface area contributed by atoms with Gasteiger partial charge in [0.05, 0.1) is 6.04 Å². The Kier molecular flexibility index (Phi) is 5.92. The van der Waals surface area contributed by atoms with Gasteiger partial charge in [0.1, 0.15) is 0 Å². The molecule has 5 heteroatoms. The molecule has 4 unspecified atom stereocenters. The van der Waals surface area contributed by atoms with Crippen LogP contribution in [0.5, 0.6) is 0 Å². The van der Waals surface area contributed by atoms with Gasteiger partial charge in [-0.25, -0.2) is 0 Å². The first kappa shape index (κ1) is 17.0. The summed E-state index contributed by atoms with van der Waals surface area (Å²) in [5, 5.41) is 0. The highest BCUT2D eigenvalue weighted by atomic mass is 35.5. The zero-order chi connectivity index (χ0) is 14.1. The van der Waals surface area contributed by atoms with Gasteiger partial charge in [0.25, 0.3) is 0 Å². The smallest absolute Gasteiger partial charge is 0.239 e. The quantitative estimate of drug-likeness (QED) is 0.846. The number of hydrogen-bond donors (Lipinski definition) is 1. The highest BCUT2D eigenvalue weighted by Gasteiger charge is 2.41. The molecular weight excluding hydrogens is 286 g/mol. The maximum Gasteiger partial charge on any atom is 0.239 e. The lowest BCUT2D eigenvalue weighted by Crippen LogP contribution is -2.48. The lowest BCUT2D eigenvalue weighted by molar-refractivity contribution is -0.137. The molecule has 2 saturated heterocycles. The molecule has 1 amide bonds. The van der Waals surface area contributed by atoms with Crippen LogP contribution >= 0.6 is 12.4 Å². The number of piperidine rings is 1. The van der Waals surface area contributed by atoms with Crippen LogP contribution in [0.4, 0.5) is 0 Å². The average Bonchev–Trinajstić information content (AvgIpc) is 2.92. The molecule has 21 heavy (non-hydrogen) atoms. The van der Waals surface area contributed by atoms with Gasteiger partial charge in [-0.15, -0.1) is 12.4 Å². The van der Waals surface area contributed by atoms with Crippen molar-refractivity contribution in [1.82, 2.24) is 9.80 Å². The van der Waals surface area contributed by atoms with E-state index in [1.54, 1.807) is 0 Å². The van der Waals surface area contributed by atoms with Crippen LogP contribution in [0.15, 0.2) is 0 Å². The number of amides is 1. The molecular formula is C16H30ClN3O. The summed E-state index contributed by atoms with van der Waals surface area (Å²) < 4.78 is 0. The summed E-state index contributed by atoms with van der Waals surface area (Å²) >= 11 is 0. The summed E-state index contributed by atoms with van der Waals surface area (Å²) in [6, 6.07) is 0.405. The third kappa shape index (κ3) is 3.54. The lowest BCUT2D eigenvalue weighted by atomic mass is 9.78. The SMILES string of the molecule is CC(C(=O)N1CCCCC1)N1CC2CCCC(N)C2C1.Cl. The first-order valence-corrected chi connectivity index (χ1v) is 8.45. The summed E-state index contributed by atoms with van der Waals surface area (Å²) in [5.74, 6) is 1.70. The van der Waals surface area contributed by atoms with Crippen LogP contribution in [0.2, 0.25) is 0 Å². The number of halogens is 1. The van der Waals surface area contributed by atoms with Gasteiger partial charge in [0, 0.05) is 32.2 Å². The number of carbonyl (C=O) groups is 1. The van der Waals surface area contributed by atoms with Crippen molar-refractivity contribution in [2.45, 2.75) is 57.5 Å². The molecule has 1 aliphatic carbocycles. The second-order valence-electron chi connectivity index (χ2n) is 7.03. The van der Waals surface area contributed by atoms with Crippen LogP contribution in [0.3, 0.4) is 0 Å². The molecule has 4 nitrogen and oxygen atoms in total. The van der Waals surface area contributed by atoms with Gasteiger partial charge < -0.3 is 10.6 Å². The minimum Gasteiger partial charge on any atom is -0.341 e. The number of carbonyl (C=O) groups excluding carboxylic acids is 1. The maximum atomic E-state index is 12.6. The molecule has 122 valence electrons. The van der Waals surface area contributed by atoms with E-state index in [2.05, 4.69) is 16.7 Å². The number of fused-ring (bicyclic) bond motifs is 1. The third-order valence-corrected chi connectivity index (χ3v) is 5.76. The van der Waals surface area contributed by atoms with Crippen LogP contribution in [0, 0.1) is 11.8 Å². The van der Waals surface area contributed by atoms with Crippen LogP contribution < -0.4 is 5.73 Å².